The standard InChI is InChI=1S/C10H14N4O4/c1-2-11-5-6-12-9-4-3-8(13(15)16)7-10(9)14(17)18/h3-4,7,11-12H,2,5-6H2,1H3/p+1. The summed E-state index contributed by atoms with van der Waals surface area (Å²) < 4.78 is 0. The van der Waals surface area contributed by atoms with Crippen LogP contribution in [0.4, 0.5) is 17.1 Å². The van der Waals surface area contributed by atoms with Gasteiger partial charge >= 0.3 is 0 Å². The summed E-state index contributed by atoms with van der Waals surface area (Å²) in [5, 5.41) is 26.3. The first-order valence-corrected chi connectivity index (χ1v) is 5.54. The van der Waals surface area contributed by atoms with E-state index in [1.807, 2.05) is 12.2 Å². The molecule has 0 unspecified atom stereocenters. The van der Waals surface area contributed by atoms with Crippen LogP contribution in [-0.2, 0) is 0 Å². The summed E-state index contributed by atoms with van der Waals surface area (Å²) >= 11 is 0. The lowest BCUT2D eigenvalue weighted by molar-refractivity contribution is -0.648. The second kappa shape index (κ2) is 6.50. The Kier molecular flexibility index (Phi) is 5.00. The van der Waals surface area contributed by atoms with E-state index in [1.165, 1.54) is 12.1 Å². The summed E-state index contributed by atoms with van der Waals surface area (Å²) in [6, 6.07) is 3.58. The molecule has 0 amide bonds. The van der Waals surface area contributed by atoms with Crippen LogP contribution in [0, 0.1) is 20.2 Å². The van der Waals surface area contributed by atoms with Crippen molar-refractivity contribution in [1.82, 2.24) is 0 Å². The number of nitrogens with two attached hydrogens (primary N) is 1. The average molecular weight is 255 g/mol. The van der Waals surface area contributed by atoms with Gasteiger partial charge in [-0.25, -0.2) is 0 Å². The van der Waals surface area contributed by atoms with E-state index in [9.17, 15) is 20.2 Å². The maximum Gasteiger partial charge on any atom is 0.299 e. The van der Waals surface area contributed by atoms with Gasteiger partial charge in [-0.15, -0.1) is 0 Å². The van der Waals surface area contributed by atoms with Crippen molar-refractivity contribution in [3.8, 4) is 0 Å². The number of nitro benzene ring substituents is 2. The lowest BCUT2D eigenvalue weighted by Gasteiger charge is -2.05. The fourth-order valence-electron chi connectivity index (χ4n) is 1.45. The van der Waals surface area contributed by atoms with Gasteiger partial charge in [0.1, 0.15) is 5.69 Å². The van der Waals surface area contributed by atoms with Crippen LogP contribution < -0.4 is 10.6 Å². The zero-order valence-electron chi connectivity index (χ0n) is 9.96. The number of benzene rings is 1. The molecule has 98 valence electrons. The van der Waals surface area contributed by atoms with Gasteiger partial charge in [-0.2, -0.15) is 0 Å². The predicted octanol–water partition coefficient (Wildman–Crippen LogP) is 0.498. The molecule has 0 radical (unpaired) electrons. The van der Waals surface area contributed by atoms with Crippen LogP contribution in [-0.4, -0.2) is 29.5 Å². The van der Waals surface area contributed by atoms with Crippen LogP contribution in [0.25, 0.3) is 0 Å². The van der Waals surface area contributed by atoms with Gasteiger partial charge in [0.25, 0.3) is 11.4 Å². The van der Waals surface area contributed by atoms with E-state index in [4.69, 9.17) is 0 Å². The second-order valence-corrected chi connectivity index (χ2v) is 3.63. The number of anilines is 1. The summed E-state index contributed by atoms with van der Waals surface area (Å²) in [7, 11) is 0. The summed E-state index contributed by atoms with van der Waals surface area (Å²) in [5.74, 6) is 0. The molecule has 0 atom stereocenters. The smallest absolute Gasteiger partial charge is 0.299 e. The van der Waals surface area contributed by atoms with Gasteiger partial charge in [-0.05, 0) is 13.0 Å². The number of rotatable bonds is 7. The van der Waals surface area contributed by atoms with Gasteiger partial charge in [0.05, 0.1) is 35.5 Å². The van der Waals surface area contributed by atoms with Crippen molar-refractivity contribution in [2.24, 2.45) is 0 Å². The predicted molar refractivity (Wildman–Crippen MR) is 65.6 cm³/mol. The summed E-state index contributed by atoms with van der Waals surface area (Å²) in [6.45, 7) is 4.29. The third kappa shape index (κ3) is 3.67. The summed E-state index contributed by atoms with van der Waals surface area (Å²) in [5.41, 5.74) is -0.261. The number of non-ortho nitro benzene ring substituents is 1. The van der Waals surface area contributed by atoms with Crippen LogP contribution in [0.5, 0.6) is 0 Å². The highest BCUT2D eigenvalue weighted by atomic mass is 16.6. The van der Waals surface area contributed by atoms with Crippen molar-refractivity contribution in [3.63, 3.8) is 0 Å². The van der Waals surface area contributed by atoms with Gasteiger partial charge in [-0.1, -0.05) is 0 Å². The Morgan fingerprint density at radius 3 is 2.56 bits per heavy atom. The molecular formula is C10H15N4O4+. The van der Waals surface area contributed by atoms with E-state index in [1.54, 1.807) is 0 Å². The molecule has 1 aromatic rings. The molecule has 0 aliphatic rings. The first kappa shape index (κ1) is 13.8. The molecule has 0 aromatic heterocycles. The Hall–Kier alpha value is -2.22. The van der Waals surface area contributed by atoms with Crippen LogP contribution in [0.15, 0.2) is 18.2 Å². The van der Waals surface area contributed by atoms with Gasteiger partial charge in [0.15, 0.2) is 0 Å². The second-order valence-electron chi connectivity index (χ2n) is 3.63. The summed E-state index contributed by atoms with van der Waals surface area (Å²) in [4.78, 5) is 20.1. The maximum atomic E-state index is 10.8. The molecule has 0 saturated heterocycles. The monoisotopic (exact) mass is 255 g/mol. The third-order valence-corrected chi connectivity index (χ3v) is 2.34. The third-order valence-electron chi connectivity index (χ3n) is 2.34. The first-order valence-electron chi connectivity index (χ1n) is 5.54. The molecule has 0 bridgehead atoms. The molecule has 3 N–H and O–H groups in total. The maximum absolute atomic E-state index is 10.8. The quantitative estimate of drug-likeness (QED) is 0.418. The lowest BCUT2D eigenvalue weighted by Crippen LogP contribution is -2.84. The average Bonchev–Trinajstić information content (AvgIpc) is 2.34. The molecule has 0 aliphatic heterocycles. The Morgan fingerprint density at radius 1 is 1.28 bits per heavy atom. The number of quaternary nitrogens is 1. The molecule has 8 heteroatoms. The fraction of sp³-hybridized carbons (Fsp3) is 0.400. The minimum atomic E-state index is -0.651. The fourth-order valence-corrected chi connectivity index (χ4v) is 1.45. The number of nitro groups is 2. The molecule has 0 fully saturated rings. The van der Waals surface area contributed by atoms with E-state index in [0.29, 0.717) is 12.2 Å². The molecular weight excluding hydrogens is 240 g/mol. The first-order chi connectivity index (χ1) is 8.56. The van der Waals surface area contributed by atoms with Crippen molar-refractivity contribution < 1.29 is 15.2 Å². The number of hydrogen-bond donors (Lipinski definition) is 2. The van der Waals surface area contributed by atoms with Crippen LogP contribution in [0.3, 0.4) is 0 Å². The van der Waals surface area contributed by atoms with E-state index in [-0.39, 0.29) is 11.4 Å². The number of nitrogens with zero attached hydrogens (tertiary/aromatic N) is 2. The minimum Gasteiger partial charge on any atom is -0.374 e. The molecule has 0 saturated carbocycles. The van der Waals surface area contributed by atoms with Crippen molar-refractivity contribution in [2.45, 2.75) is 6.92 Å². The highest BCUT2D eigenvalue weighted by Gasteiger charge is 2.18. The van der Waals surface area contributed by atoms with Gasteiger partial charge in [0.2, 0.25) is 0 Å². The topological polar surface area (TPSA) is 115 Å². The Labute approximate surface area is 103 Å². The largest absolute Gasteiger partial charge is 0.374 e. The van der Waals surface area contributed by atoms with Crippen LogP contribution >= 0.6 is 0 Å². The van der Waals surface area contributed by atoms with E-state index >= 15 is 0 Å². The van der Waals surface area contributed by atoms with Crippen molar-refractivity contribution in [1.29, 1.82) is 0 Å². The Balaban J connectivity index is 2.83. The van der Waals surface area contributed by atoms with Crippen molar-refractivity contribution in [3.05, 3.63) is 38.4 Å². The zero-order chi connectivity index (χ0) is 13.5. The van der Waals surface area contributed by atoms with Crippen LogP contribution in [0.2, 0.25) is 0 Å². The lowest BCUT2D eigenvalue weighted by atomic mass is 10.2. The normalized spacial score (nSPS) is 10.1. The molecule has 18 heavy (non-hydrogen) atoms. The minimum absolute atomic E-state index is 0.277. The molecule has 1 aromatic carbocycles. The number of nitrogens with one attached hydrogen (secondary N) is 1. The van der Waals surface area contributed by atoms with E-state index < -0.39 is 9.85 Å². The molecule has 0 heterocycles. The Morgan fingerprint density at radius 2 is 2.00 bits per heavy atom. The molecule has 0 spiro atoms. The molecule has 1 rings (SSSR count). The number of hydrogen-bond acceptors (Lipinski definition) is 5. The highest BCUT2D eigenvalue weighted by Crippen LogP contribution is 2.28. The van der Waals surface area contributed by atoms with E-state index in [2.05, 4.69) is 5.32 Å². The number of likely N-dealkylation sites (N-methyl/N-ethyl adjacent to an activating group) is 1. The van der Waals surface area contributed by atoms with E-state index in [0.717, 1.165) is 19.2 Å². The Bertz CT molecular complexity index is 450. The summed E-state index contributed by atoms with van der Waals surface area (Å²) in [6.07, 6.45) is 0. The van der Waals surface area contributed by atoms with Gasteiger partial charge in [-0.3, -0.25) is 20.2 Å². The van der Waals surface area contributed by atoms with Crippen molar-refractivity contribution >= 4 is 17.1 Å². The van der Waals surface area contributed by atoms with Gasteiger partial charge in [0, 0.05) is 6.07 Å². The molecule has 8 nitrogen and oxygen atoms in total. The van der Waals surface area contributed by atoms with Crippen molar-refractivity contribution in [2.75, 3.05) is 25.0 Å². The SMILES string of the molecule is CC[NH2+]CCNc1ccc([N+](=O)[O-])cc1[N+](=O)[O-]. The van der Waals surface area contributed by atoms with Crippen LogP contribution in [0.1, 0.15) is 6.92 Å². The molecule has 0 aliphatic carbocycles. The highest BCUT2D eigenvalue weighted by molar-refractivity contribution is 5.65. The zero-order valence-corrected chi connectivity index (χ0v) is 9.96. The van der Waals surface area contributed by atoms with Gasteiger partial charge < -0.3 is 10.6 Å².